The maximum Gasteiger partial charge on any atom is 0.303 e. The lowest BCUT2D eigenvalue weighted by molar-refractivity contribution is -0.285. The van der Waals surface area contributed by atoms with Crippen LogP contribution in [-0.4, -0.2) is 121 Å². The van der Waals surface area contributed by atoms with Crippen LogP contribution in [0.25, 0.3) is 0 Å². The molecule has 2 aliphatic heterocycles. The third kappa shape index (κ3) is 12.6. The molecule has 2 heterocycles. The number of carbonyl (C=O) groups is 7. The maximum absolute atomic E-state index is 12.4. The van der Waals surface area contributed by atoms with E-state index in [1.165, 1.54) is 0 Å². The summed E-state index contributed by atoms with van der Waals surface area (Å²) in [5.74, 6) is -5.40. The monoisotopic (exact) mass is 694 g/mol. The minimum atomic E-state index is -1.49. The van der Waals surface area contributed by atoms with Gasteiger partial charge in [-0.25, -0.2) is 0 Å². The van der Waals surface area contributed by atoms with E-state index in [4.69, 9.17) is 47.4 Å². The van der Waals surface area contributed by atoms with Crippen molar-refractivity contribution in [1.82, 2.24) is 0 Å². The summed E-state index contributed by atoms with van der Waals surface area (Å²) >= 11 is 0.831. The van der Waals surface area contributed by atoms with Gasteiger partial charge in [-0.15, -0.1) is 11.8 Å². The van der Waals surface area contributed by atoms with Gasteiger partial charge in [-0.05, 0) is 13.8 Å². The first-order chi connectivity index (χ1) is 21.9. The Morgan fingerprint density at radius 2 is 0.957 bits per heavy atom. The van der Waals surface area contributed by atoms with Gasteiger partial charge in [0.2, 0.25) is 0 Å². The summed E-state index contributed by atoms with van der Waals surface area (Å²) in [4.78, 5) is 84.9. The molecule has 0 saturated carbocycles. The molecule has 266 valence electrons. The Hall–Kier alpha value is -3.48. The lowest BCUT2D eigenvalue weighted by Gasteiger charge is -2.48. The van der Waals surface area contributed by atoms with Crippen LogP contribution in [0.2, 0.25) is 0 Å². The second kappa shape index (κ2) is 18.2. The molecule has 2 aliphatic rings. The van der Waals surface area contributed by atoms with Crippen LogP contribution >= 0.6 is 11.8 Å². The minimum absolute atomic E-state index is 0.402. The number of hydrogen-bond acceptors (Lipinski definition) is 18. The van der Waals surface area contributed by atoms with Gasteiger partial charge in [0.25, 0.3) is 0 Å². The van der Waals surface area contributed by atoms with Crippen LogP contribution < -0.4 is 0 Å². The zero-order chi connectivity index (χ0) is 35.6. The molecule has 2 fully saturated rings. The Labute approximate surface area is 275 Å². The summed E-state index contributed by atoms with van der Waals surface area (Å²) in [6.45, 7) is 10.3. The van der Waals surface area contributed by atoms with Crippen LogP contribution in [0.15, 0.2) is 0 Å². The van der Waals surface area contributed by atoms with Crippen molar-refractivity contribution in [3.63, 3.8) is 0 Å². The number of esters is 7. The van der Waals surface area contributed by atoms with E-state index < -0.39 is 121 Å². The first-order valence-electron chi connectivity index (χ1n) is 14.6. The lowest BCUT2D eigenvalue weighted by Crippen LogP contribution is -2.64. The van der Waals surface area contributed by atoms with Crippen LogP contribution in [-0.2, 0) is 80.9 Å². The van der Waals surface area contributed by atoms with E-state index in [0.29, 0.717) is 0 Å². The van der Waals surface area contributed by atoms with Crippen molar-refractivity contribution in [3.8, 4) is 0 Å². The number of ether oxygens (including phenoxy) is 10. The van der Waals surface area contributed by atoms with Crippen LogP contribution in [0.4, 0.5) is 0 Å². The third-order valence-electron chi connectivity index (χ3n) is 6.29. The van der Waals surface area contributed by atoms with Crippen LogP contribution in [0, 0.1) is 0 Å². The summed E-state index contributed by atoms with van der Waals surface area (Å²) in [5, 5.41) is -1.12. The number of thioether (sulfide) groups is 1. The van der Waals surface area contributed by atoms with Crippen molar-refractivity contribution in [1.29, 1.82) is 0 Å². The Balaban J connectivity index is 2.72. The van der Waals surface area contributed by atoms with E-state index in [1.54, 1.807) is 13.8 Å². The van der Waals surface area contributed by atoms with Crippen molar-refractivity contribution in [3.05, 3.63) is 0 Å². The second-order valence-corrected chi connectivity index (χ2v) is 12.1. The minimum Gasteiger partial charge on any atom is -0.463 e. The molecule has 0 spiro atoms. The lowest BCUT2D eigenvalue weighted by atomic mass is 9.99. The highest BCUT2D eigenvalue weighted by atomic mass is 32.2. The molecule has 0 bridgehead atoms. The van der Waals surface area contributed by atoms with Crippen molar-refractivity contribution in [2.24, 2.45) is 0 Å². The van der Waals surface area contributed by atoms with Crippen molar-refractivity contribution in [2.45, 2.75) is 128 Å². The van der Waals surface area contributed by atoms with Gasteiger partial charge >= 0.3 is 41.8 Å². The highest BCUT2D eigenvalue weighted by Crippen LogP contribution is 2.42. The SMILES string of the molecule is CC(=O)OC[C@H]1O[C@@H](S[C@@H]2[C@@H](OC(C)=O)[C@@H](OC(C)=O)[C@@H](OC(C)C)O[C@@H]2COC(C)=O)[C@H](OC(C)=O)[C@@H](OC(C)=O)[C@H]1OC(C)=O. The van der Waals surface area contributed by atoms with E-state index in [0.717, 1.165) is 60.2 Å². The molecule has 0 aromatic carbocycles. The zero-order valence-electron chi connectivity index (χ0n) is 27.6. The molecule has 0 N–H and O–H groups in total. The summed E-state index contributed by atoms with van der Waals surface area (Å²) in [5.41, 5.74) is -1.34. The Morgan fingerprint density at radius 1 is 0.532 bits per heavy atom. The molecule has 0 amide bonds. The first kappa shape index (κ1) is 39.7. The van der Waals surface area contributed by atoms with Gasteiger partial charge < -0.3 is 47.4 Å². The normalized spacial score (nSPS) is 30.3. The second-order valence-electron chi connectivity index (χ2n) is 10.8. The fourth-order valence-electron chi connectivity index (χ4n) is 4.85. The average molecular weight is 695 g/mol. The summed E-state index contributed by atoms with van der Waals surface area (Å²) in [6.07, 6.45) is -11.2. The van der Waals surface area contributed by atoms with E-state index in [-0.39, 0.29) is 0 Å². The predicted octanol–water partition coefficient (Wildman–Crippen LogP) is 0.748. The highest BCUT2D eigenvalue weighted by molar-refractivity contribution is 8.00. The van der Waals surface area contributed by atoms with Crippen LogP contribution in [0.1, 0.15) is 62.3 Å². The molecule has 0 aliphatic carbocycles. The molecule has 18 heteroatoms. The van der Waals surface area contributed by atoms with Crippen molar-refractivity contribution >= 4 is 53.5 Å². The molecule has 0 unspecified atom stereocenters. The highest BCUT2D eigenvalue weighted by Gasteiger charge is 2.57. The van der Waals surface area contributed by atoms with Crippen molar-refractivity contribution in [2.75, 3.05) is 13.2 Å². The molecule has 0 aromatic heterocycles. The number of hydrogen-bond donors (Lipinski definition) is 0. The molecule has 47 heavy (non-hydrogen) atoms. The van der Waals surface area contributed by atoms with Gasteiger partial charge in [-0.2, -0.15) is 0 Å². The number of rotatable bonds is 13. The average Bonchev–Trinajstić information content (AvgIpc) is 2.91. The van der Waals surface area contributed by atoms with Gasteiger partial charge in [0, 0.05) is 48.5 Å². The van der Waals surface area contributed by atoms with Gasteiger partial charge in [0.15, 0.2) is 36.8 Å². The van der Waals surface area contributed by atoms with Gasteiger partial charge in [-0.3, -0.25) is 33.6 Å². The van der Waals surface area contributed by atoms with Crippen molar-refractivity contribution < 1.29 is 80.9 Å². The molecular formula is C29H42O17S. The molecular weight excluding hydrogens is 652 g/mol. The summed E-state index contributed by atoms with van der Waals surface area (Å²) in [6, 6.07) is 0. The Morgan fingerprint density at radius 3 is 1.43 bits per heavy atom. The van der Waals surface area contributed by atoms with Gasteiger partial charge in [0.1, 0.15) is 30.9 Å². The fourth-order valence-corrected chi connectivity index (χ4v) is 6.42. The standard InChI is InChI=1S/C29H42O17S/c1-12(2)39-28-25(43-18(8)35)24(42-17(7)34)27(21(45-28)11-38-14(4)31)47-29-26(44-19(9)36)23(41-16(6)33)22(40-15(5)32)20(46-29)10-37-13(3)30/h12,20-29H,10-11H2,1-9H3/t20-,21-,22+,23+,24+,25-,26-,27+,28+,29+/m1/s1. The van der Waals surface area contributed by atoms with Gasteiger partial charge in [0.05, 0.1) is 11.4 Å². The fraction of sp³-hybridized carbons (Fsp3) is 0.759. The van der Waals surface area contributed by atoms with E-state index in [1.807, 2.05) is 0 Å². The van der Waals surface area contributed by atoms with Crippen LogP contribution in [0.5, 0.6) is 0 Å². The molecule has 0 radical (unpaired) electrons. The molecule has 2 rings (SSSR count). The summed E-state index contributed by atoms with van der Waals surface area (Å²) < 4.78 is 56.2. The quantitative estimate of drug-likeness (QED) is 0.192. The first-order valence-corrected chi connectivity index (χ1v) is 15.6. The predicted molar refractivity (Wildman–Crippen MR) is 156 cm³/mol. The van der Waals surface area contributed by atoms with E-state index in [9.17, 15) is 33.6 Å². The zero-order valence-corrected chi connectivity index (χ0v) is 28.4. The Kier molecular flexibility index (Phi) is 15.3. The topological polar surface area (TPSA) is 212 Å². The molecule has 0 aromatic rings. The van der Waals surface area contributed by atoms with Gasteiger partial charge in [-0.1, -0.05) is 0 Å². The van der Waals surface area contributed by atoms with E-state index in [2.05, 4.69) is 0 Å². The molecule has 2 saturated heterocycles. The van der Waals surface area contributed by atoms with E-state index >= 15 is 0 Å². The summed E-state index contributed by atoms with van der Waals surface area (Å²) in [7, 11) is 0. The third-order valence-corrected chi connectivity index (χ3v) is 7.83. The molecule has 10 atom stereocenters. The Bertz CT molecular complexity index is 1160. The number of carbonyl (C=O) groups excluding carboxylic acids is 7. The molecule has 17 nitrogen and oxygen atoms in total. The van der Waals surface area contributed by atoms with Crippen LogP contribution in [0.3, 0.4) is 0 Å². The smallest absolute Gasteiger partial charge is 0.303 e. The largest absolute Gasteiger partial charge is 0.463 e. The maximum atomic E-state index is 12.4.